The Morgan fingerprint density at radius 3 is 2.63 bits per heavy atom. The first-order chi connectivity index (χ1) is 13.0. The van der Waals surface area contributed by atoms with Crippen LogP contribution in [0.5, 0.6) is 0 Å². The fourth-order valence-corrected chi connectivity index (χ4v) is 2.54. The molecule has 3 rings (SSSR count). The summed E-state index contributed by atoms with van der Waals surface area (Å²) in [7, 11) is 1.18. The predicted molar refractivity (Wildman–Crippen MR) is 99.8 cm³/mol. The molecule has 27 heavy (non-hydrogen) atoms. The Morgan fingerprint density at radius 2 is 1.93 bits per heavy atom. The van der Waals surface area contributed by atoms with Crippen molar-refractivity contribution in [3.05, 3.63) is 81.9 Å². The normalized spacial score (nSPS) is 12.2. The van der Waals surface area contributed by atoms with Crippen LogP contribution in [-0.2, 0) is 9.53 Å². The maximum absolute atomic E-state index is 12.2. The monoisotopic (exact) mass is 365 g/mol. The van der Waals surface area contributed by atoms with Crippen LogP contribution in [0.3, 0.4) is 0 Å². The Balaban J connectivity index is 2.07. The van der Waals surface area contributed by atoms with Crippen molar-refractivity contribution in [2.45, 2.75) is 0 Å². The van der Waals surface area contributed by atoms with Gasteiger partial charge < -0.3 is 14.8 Å². The van der Waals surface area contributed by atoms with Gasteiger partial charge >= 0.3 is 5.97 Å². The van der Waals surface area contributed by atoms with Gasteiger partial charge in [-0.25, -0.2) is 9.78 Å². The number of hydrogen-bond acceptors (Lipinski definition) is 6. The van der Waals surface area contributed by atoms with Crippen molar-refractivity contribution in [1.82, 2.24) is 9.97 Å². The van der Waals surface area contributed by atoms with Gasteiger partial charge in [-0.15, -0.1) is 0 Å². The zero-order valence-corrected chi connectivity index (χ0v) is 14.2. The fraction of sp³-hybridized carbons (Fsp3) is 0.0526. The number of ether oxygens (including phenoxy) is 1. The van der Waals surface area contributed by atoms with Gasteiger partial charge in [-0.05, 0) is 30.4 Å². The molecule has 8 nitrogen and oxygen atoms in total. The number of carbonyl (C=O) groups is 1. The second kappa shape index (κ2) is 7.52. The highest BCUT2D eigenvalue weighted by molar-refractivity contribution is 6.17. The molecule has 1 heterocycles. The highest BCUT2D eigenvalue weighted by atomic mass is 16.6. The number of aliphatic hydroxyl groups excluding tert-OH is 1. The minimum atomic E-state index is -0.793. The number of aromatic amines is 1. The van der Waals surface area contributed by atoms with Gasteiger partial charge in [-0.2, -0.15) is 0 Å². The molecule has 0 bridgehead atoms. The maximum Gasteiger partial charge on any atom is 0.345 e. The summed E-state index contributed by atoms with van der Waals surface area (Å²) in [4.78, 5) is 30.0. The van der Waals surface area contributed by atoms with Crippen LogP contribution in [0.25, 0.3) is 22.7 Å². The number of fused-ring (bicyclic) bond motifs is 1. The molecule has 0 aliphatic carbocycles. The third-order valence-corrected chi connectivity index (χ3v) is 3.83. The summed E-state index contributed by atoms with van der Waals surface area (Å²) in [6.45, 7) is 0. The quantitative estimate of drug-likeness (QED) is 0.178. The summed E-state index contributed by atoms with van der Waals surface area (Å²) in [5, 5.41) is 21.5. The number of para-hydroxylation sites is 3. The van der Waals surface area contributed by atoms with Crippen molar-refractivity contribution in [2.75, 3.05) is 7.11 Å². The van der Waals surface area contributed by atoms with E-state index in [1.54, 1.807) is 36.4 Å². The van der Waals surface area contributed by atoms with Crippen LogP contribution in [0, 0.1) is 10.1 Å². The van der Waals surface area contributed by atoms with E-state index in [0.29, 0.717) is 11.0 Å². The van der Waals surface area contributed by atoms with E-state index < -0.39 is 16.7 Å². The maximum atomic E-state index is 12.2. The van der Waals surface area contributed by atoms with Crippen LogP contribution in [0.4, 0.5) is 5.69 Å². The summed E-state index contributed by atoms with van der Waals surface area (Å²) in [6, 6.07) is 13.2. The molecule has 0 unspecified atom stereocenters. The van der Waals surface area contributed by atoms with E-state index in [9.17, 15) is 20.0 Å². The van der Waals surface area contributed by atoms with Crippen molar-refractivity contribution in [3.63, 3.8) is 0 Å². The fourth-order valence-electron chi connectivity index (χ4n) is 2.54. The number of methoxy groups -OCH3 is 1. The number of allylic oxidation sites excluding steroid dienone is 1. The number of rotatable bonds is 5. The average Bonchev–Trinajstić information content (AvgIpc) is 3.09. The number of nitrogens with one attached hydrogen (secondary N) is 1. The van der Waals surface area contributed by atoms with Gasteiger partial charge in [-0.3, -0.25) is 10.1 Å². The van der Waals surface area contributed by atoms with E-state index in [2.05, 4.69) is 9.97 Å². The van der Waals surface area contributed by atoms with Gasteiger partial charge in [0.05, 0.1) is 28.6 Å². The molecule has 0 saturated carbocycles. The highest BCUT2D eigenvalue weighted by Gasteiger charge is 2.21. The zero-order valence-electron chi connectivity index (χ0n) is 14.2. The van der Waals surface area contributed by atoms with Crippen LogP contribution >= 0.6 is 0 Å². The van der Waals surface area contributed by atoms with Gasteiger partial charge in [0.15, 0.2) is 0 Å². The first kappa shape index (κ1) is 17.9. The minimum Gasteiger partial charge on any atom is -0.507 e. The lowest BCUT2D eigenvalue weighted by molar-refractivity contribution is -0.385. The number of nitro groups is 1. The van der Waals surface area contributed by atoms with Gasteiger partial charge in [0, 0.05) is 6.07 Å². The predicted octanol–water partition coefficient (Wildman–Crippen LogP) is 3.63. The van der Waals surface area contributed by atoms with Gasteiger partial charge in [0.1, 0.15) is 17.2 Å². The van der Waals surface area contributed by atoms with Crippen molar-refractivity contribution in [3.8, 4) is 0 Å². The van der Waals surface area contributed by atoms with Crippen molar-refractivity contribution >= 4 is 34.3 Å². The number of imidazole rings is 1. The van der Waals surface area contributed by atoms with Crippen molar-refractivity contribution < 1.29 is 19.6 Å². The second-order valence-corrected chi connectivity index (χ2v) is 5.50. The molecule has 0 fully saturated rings. The van der Waals surface area contributed by atoms with E-state index in [1.807, 2.05) is 0 Å². The summed E-state index contributed by atoms with van der Waals surface area (Å²) in [6.07, 6.45) is 2.54. The lowest BCUT2D eigenvalue weighted by atomic mass is 10.1. The topological polar surface area (TPSA) is 118 Å². The van der Waals surface area contributed by atoms with Crippen LogP contribution in [0.1, 0.15) is 11.4 Å². The van der Waals surface area contributed by atoms with E-state index >= 15 is 0 Å². The molecular weight excluding hydrogens is 350 g/mol. The van der Waals surface area contributed by atoms with E-state index in [4.69, 9.17) is 4.74 Å². The Labute approximate surface area is 153 Å². The third-order valence-electron chi connectivity index (χ3n) is 3.83. The molecule has 0 atom stereocenters. The van der Waals surface area contributed by atoms with Crippen LogP contribution in [0.2, 0.25) is 0 Å². The SMILES string of the molecule is COC(=O)C(=C(O)C=Cc1ccccc1[N+](=O)[O-])c1nc2ccccc2[nH]1. The number of carbonyl (C=O) groups excluding carboxylic acids is 1. The van der Waals surface area contributed by atoms with Crippen LogP contribution in [0.15, 0.2) is 60.4 Å². The zero-order chi connectivity index (χ0) is 19.4. The summed E-state index contributed by atoms with van der Waals surface area (Å²) < 4.78 is 4.74. The molecule has 0 aliphatic heterocycles. The van der Waals surface area contributed by atoms with Gasteiger partial charge in [0.2, 0.25) is 0 Å². The highest BCUT2D eigenvalue weighted by Crippen LogP contribution is 2.23. The number of aromatic nitrogens is 2. The molecule has 2 N–H and O–H groups in total. The van der Waals surface area contributed by atoms with Crippen LogP contribution in [-0.4, -0.2) is 33.1 Å². The molecule has 0 amide bonds. The lowest BCUT2D eigenvalue weighted by Gasteiger charge is -2.04. The van der Waals surface area contributed by atoms with E-state index in [1.165, 1.54) is 31.4 Å². The molecule has 1 aromatic heterocycles. The first-order valence-electron chi connectivity index (χ1n) is 7.89. The van der Waals surface area contributed by atoms with Crippen molar-refractivity contribution in [2.24, 2.45) is 0 Å². The van der Waals surface area contributed by atoms with Gasteiger partial charge in [-0.1, -0.05) is 24.3 Å². The summed E-state index contributed by atoms with van der Waals surface area (Å²) >= 11 is 0. The standard InChI is InChI=1S/C19H15N3O5/c1-27-19(24)17(18-20-13-7-3-4-8-14(13)21-18)16(23)11-10-12-6-2-5-9-15(12)22(25)26/h2-11,23H,1H3,(H,20,21). The number of H-pyrrole nitrogens is 1. The molecule has 0 saturated heterocycles. The summed E-state index contributed by atoms with van der Waals surface area (Å²) in [5.74, 6) is -1.09. The molecule has 8 heteroatoms. The van der Waals surface area contributed by atoms with Crippen molar-refractivity contribution in [1.29, 1.82) is 0 Å². The third kappa shape index (κ3) is 3.69. The Hall–Kier alpha value is -3.94. The first-order valence-corrected chi connectivity index (χ1v) is 7.89. The van der Waals surface area contributed by atoms with Crippen LogP contribution < -0.4 is 0 Å². The van der Waals surface area contributed by atoms with Gasteiger partial charge in [0.25, 0.3) is 5.69 Å². The minimum absolute atomic E-state index is 0.120. The number of nitrogens with zero attached hydrogens (tertiary/aromatic N) is 2. The molecule has 0 spiro atoms. The number of benzene rings is 2. The Morgan fingerprint density at radius 1 is 1.22 bits per heavy atom. The summed E-state index contributed by atoms with van der Waals surface area (Å²) in [5.41, 5.74) is 1.28. The number of hydrogen-bond donors (Lipinski definition) is 2. The lowest BCUT2D eigenvalue weighted by Crippen LogP contribution is -2.08. The smallest absolute Gasteiger partial charge is 0.345 e. The molecule has 0 aliphatic rings. The average molecular weight is 365 g/mol. The molecule has 3 aromatic rings. The second-order valence-electron chi connectivity index (χ2n) is 5.50. The Bertz CT molecular complexity index is 1050. The Kier molecular flexibility index (Phi) is 4.98. The number of esters is 1. The molecular formula is C19H15N3O5. The molecule has 2 aromatic carbocycles. The largest absolute Gasteiger partial charge is 0.507 e. The molecule has 136 valence electrons. The van der Waals surface area contributed by atoms with E-state index in [0.717, 1.165) is 0 Å². The number of aliphatic hydroxyl groups is 1. The van der Waals surface area contributed by atoms with E-state index in [-0.39, 0.29) is 22.6 Å². The number of nitro benzene ring substituents is 1. The molecule has 0 radical (unpaired) electrons.